The molecule has 1 amide bonds. The van der Waals surface area contributed by atoms with Gasteiger partial charge in [0, 0.05) is 34.8 Å². The molecule has 0 saturated heterocycles. The largest absolute Gasteiger partial charge is 0.372 e. The maximum Gasteiger partial charge on any atom is 0.256 e. The molecule has 2 heterocycles. The number of nitrogens with one attached hydrogen (secondary N) is 1. The van der Waals surface area contributed by atoms with E-state index in [0.29, 0.717) is 5.56 Å². The maximum absolute atomic E-state index is 13.2. The topological polar surface area (TPSA) is 45.2 Å². The summed E-state index contributed by atoms with van der Waals surface area (Å²) in [5, 5.41) is 5.19. The van der Waals surface area contributed by atoms with Gasteiger partial charge in [-0.15, -0.1) is 22.7 Å². The third kappa shape index (κ3) is 3.93. The molecular formula is C26H27N3OS2. The molecule has 1 N–H and O–H groups in total. The molecule has 32 heavy (non-hydrogen) atoms. The molecule has 0 aliphatic heterocycles. The van der Waals surface area contributed by atoms with Crippen LogP contribution in [-0.4, -0.2) is 24.0 Å². The van der Waals surface area contributed by atoms with E-state index in [-0.39, 0.29) is 5.91 Å². The molecule has 164 valence electrons. The molecule has 6 heteroatoms. The summed E-state index contributed by atoms with van der Waals surface area (Å²) in [6, 6.07) is 16.2. The molecule has 0 fully saturated rings. The van der Waals surface area contributed by atoms with Crippen LogP contribution >= 0.6 is 22.7 Å². The van der Waals surface area contributed by atoms with Crippen molar-refractivity contribution >= 4 is 49.5 Å². The number of anilines is 2. The summed E-state index contributed by atoms with van der Waals surface area (Å²) in [6.45, 7) is 6.20. The van der Waals surface area contributed by atoms with Crippen LogP contribution in [0, 0.1) is 0 Å². The Kier molecular flexibility index (Phi) is 5.98. The van der Waals surface area contributed by atoms with Crippen molar-refractivity contribution in [2.75, 3.05) is 23.3 Å². The number of para-hydroxylation sites is 1. The van der Waals surface area contributed by atoms with Gasteiger partial charge in [-0.3, -0.25) is 4.79 Å². The normalized spacial score (nSPS) is 13.2. The van der Waals surface area contributed by atoms with E-state index in [1.165, 1.54) is 28.0 Å². The number of aryl methyl sites for hydroxylation is 1. The first-order valence-corrected chi connectivity index (χ1v) is 13.0. The quantitative estimate of drug-likeness (QED) is 0.336. The number of fused-ring (bicyclic) bond motifs is 2. The summed E-state index contributed by atoms with van der Waals surface area (Å²) < 4.78 is 1.18. The van der Waals surface area contributed by atoms with Gasteiger partial charge in [-0.25, -0.2) is 4.98 Å². The highest BCUT2D eigenvalue weighted by molar-refractivity contribution is 7.23. The van der Waals surface area contributed by atoms with E-state index in [1.807, 2.05) is 30.3 Å². The summed E-state index contributed by atoms with van der Waals surface area (Å²) in [4.78, 5) is 21.8. The number of hydrogen-bond acceptors (Lipinski definition) is 5. The van der Waals surface area contributed by atoms with Crippen molar-refractivity contribution in [1.29, 1.82) is 0 Å². The molecule has 4 nitrogen and oxygen atoms in total. The van der Waals surface area contributed by atoms with Crippen LogP contribution in [0.1, 0.15) is 47.5 Å². The van der Waals surface area contributed by atoms with Crippen molar-refractivity contribution in [3.05, 3.63) is 64.5 Å². The Morgan fingerprint density at radius 3 is 2.50 bits per heavy atom. The van der Waals surface area contributed by atoms with Gasteiger partial charge < -0.3 is 10.2 Å². The number of hydrogen-bond donors (Lipinski definition) is 1. The summed E-state index contributed by atoms with van der Waals surface area (Å²) in [5.74, 6) is -0.0583. The SMILES string of the molecule is CCN(CC)c1ccc(C(=O)Nc2sc3c(c2-c2nc4ccccc4s2)CCCC3)cc1. The summed E-state index contributed by atoms with van der Waals surface area (Å²) in [5.41, 5.74) is 5.37. The van der Waals surface area contributed by atoms with Gasteiger partial charge in [0.15, 0.2) is 0 Å². The molecule has 1 aliphatic carbocycles. The zero-order valence-electron chi connectivity index (χ0n) is 18.5. The molecule has 2 aromatic heterocycles. The van der Waals surface area contributed by atoms with Crippen molar-refractivity contribution in [1.82, 2.24) is 4.98 Å². The third-order valence-corrected chi connectivity index (χ3v) is 8.43. The fourth-order valence-electron chi connectivity index (χ4n) is 4.45. The van der Waals surface area contributed by atoms with E-state index in [2.05, 4.69) is 42.3 Å². The standard InChI is InChI=1S/C26H27N3OS2/c1-3-29(4-2)18-15-13-17(14-16-18)24(30)28-26-23(19-9-5-7-11-21(19)31-26)25-27-20-10-6-8-12-22(20)32-25/h6,8,10,12-16H,3-5,7,9,11H2,1-2H3,(H,28,30). The lowest BCUT2D eigenvalue weighted by molar-refractivity contribution is 0.102. The van der Waals surface area contributed by atoms with Gasteiger partial charge in [-0.05, 0) is 81.5 Å². The fourth-order valence-corrected chi connectivity index (χ4v) is 6.84. The molecule has 0 radical (unpaired) electrons. The van der Waals surface area contributed by atoms with Crippen LogP contribution in [0.4, 0.5) is 10.7 Å². The van der Waals surface area contributed by atoms with Gasteiger partial charge in [0.25, 0.3) is 5.91 Å². The number of amides is 1. The van der Waals surface area contributed by atoms with Crippen LogP contribution in [0.2, 0.25) is 0 Å². The van der Waals surface area contributed by atoms with Crippen LogP contribution in [0.15, 0.2) is 48.5 Å². The van der Waals surface area contributed by atoms with E-state index in [4.69, 9.17) is 4.98 Å². The number of nitrogens with zero attached hydrogens (tertiary/aromatic N) is 2. The average Bonchev–Trinajstić information content (AvgIpc) is 3.40. The van der Waals surface area contributed by atoms with Crippen LogP contribution in [0.25, 0.3) is 20.8 Å². The number of benzene rings is 2. The summed E-state index contributed by atoms with van der Waals surface area (Å²) in [6.07, 6.45) is 4.56. The second-order valence-corrected chi connectivity index (χ2v) is 10.2. The lowest BCUT2D eigenvalue weighted by Crippen LogP contribution is -2.21. The first-order valence-electron chi connectivity index (χ1n) is 11.3. The Morgan fingerprint density at radius 1 is 1.00 bits per heavy atom. The minimum absolute atomic E-state index is 0.0583. The number of rotatable bonds is 6. The number of thiophene rings is 1. The second kappa shape index (κ2) is 9.04. The maximum atomic E-state index is 13.2. The Hall–Kier alpha value is -2.70. The highest BCUT2D eigenvalue weighted by Gasteiger charge is 2.25. The van der Waals surface area contributed by atoms with Crippen molar-refractivity contribution < 1.29 is 4.79 Å². The number of thiazole rings is 1. The van der Waals surface area contributed by atoms with E-state index in [0.717, 1.165) is 52.7 Å². The highest BCUT2D eigenvalue weighted by Crippen LogP contribution is 2.46. The Balaban J connectivity index is 1.48. The summed E-state index contributed by atoms with van der Waals surface area (Å²) >= 11 is 3.45. The zero-order valence-corrected chi connectivity index (χ0v) is 20.1. The number of aromatic nitrogens is 1. The predicted octanol–water partition coefficient (Wildman–Crippen LogP) is 7.00. The lowest BCUT2D eigenvalue weighted by atomic mass is 9.95. The van der Waals surface area contributed by atoms with E-state index >= 15 is 0 Å². The van der Waals surface area contributed by atoms with Gasteiger partial charge in [0.05, 0.1) is 10.2 Å². The van der Waals surface area contributed by atoms with Gasteiger partial charge in [-0.1, -0.05) is 12.1 Å². The smallest absolute Gasteiger partial charge is 0.256 e. The van der Waals surface area contributed by atoms with E-state index in [1.54, 1.807) is 22.7 Å². The molecule has 0 bridgehead atoms. The molecular weight excluding hydrogens is 434 g/mol. The van der Waals surface area contributed by atoms with Gasteiger partial charge >= 0.3 is 0 Å². The fraction of sp³-hybridized carbons (Fsp3) is 0.308. The number of carbonyl (C=O) groups excluding carboxylic acids is 1. The zero-order chi connectivity index (χ0) is 22.1. The Bertz CT molecular complexity index is 1220. The third-order valence-electron chi connectivity index (χ3n) is 6.16. The van der Waals surface area contributed by atoms with Crippen molar-refractivity contribution in [3.63, 3.8) is 0 Å². The molecule has 1 aliphatic rings. The number of carbonyl (C=O) groups is 1. The lowest BCUT2D eigenvalue weighted by Gasteiger charge is -2.21. The Morgan fingerprint density at radius 2 is 1.75 bits per heavy atom. The monoisotopic (exact) mass is 461 g/mol. The molecule has 0 spiro atoms. The average molecular weight is 462 g/mol. The second-order valence-electron chi connectivity index (χ2n) is 8.08. The molecule has 5 rings (SSSR count). The van der Waals surface area contributed by atoms with Crippen LogP contribution in [0.5, 0.6) is 0 Å². The molecule has 0 atom stereocenters. The van der Waals surface area contributed by atoms with Crippen molar-refractivity contribution in [2.45, 2.75) is 39.5 Å². The Labute approximate surface area is 196 Å². The minimum atomic E-state index is -0.0583. The predicted molar refractivity (Wildman–Crippen MR) is 138 cm³/mol. The van der Waals surface area contributed by atoms with Crippen LogP contribution in [-0.2, 0) is 12.8 Å². The van der Waals surface area contributed by atoms with Crippen molar-refractivity contribution in [2.24, 2.45) is 0 Å². The van der Waals surface area contributed by atoms with Gasteiger partial charge in [0.2, 0.25) is 0 Å². The van der Waals surface area contributed by atoms with E-state index in [9.17, 15) is 4.79 Å². The van der Waals surface area contributed by atoms with E-state index < -0.39 is 0 Å². The summed E-state index contributed by atoms with van der Waals surface area (Å²) in [7, 11) is 0. The van der Waals surface area contributed by atoms with Crippen molar-refractivity contribution in [3.8, 4) is 10.6 Å². The first kappa shape index (κ1) is 21.2. The van der Waals surface area contributed by atoms with Gasteiger partial charge in [-0.2, -0.15) is 0 Å². The molecule has 0 unspecified atom stereocenters. The highest BCUT2D eigenvalue weighted by atomic mass is 32.1. The molecule has 4 aromatic rings. The molecule has 0 saturated carbocycles. The van der Waals surface area contributed by atoms with Gasteiger partial charge in [0.1, 0.15) is 10.0 Å². The van der Waals surface area contributed by atoms with Crippen LogP contribution in [0.3, 0.4) is 0 Å². The minimum Gasteiger partial charge on any atom is -0.372 e. The van der Waals surface area contributed by atoms with Crippen LogP contribution < -0.4 is 10.2 Å². The molecule has 2 aromatic carbocycles. The first-order chi connectivity index (χ1) is 15.7.